The van der Waals surface area contributed by atoms with Crippen LogP contribution in [0.25, 0.3) is 6.08 Å². The van der Waals surface area contributed by atoms with Gasteiger partial charge in [0, 0.05) is 6.04 Å². The van der Waals surface area contributed by atoms with Gasteiger partial charge in [-0.25, -0.2) is 4.79 Å². The molecule has 4 amide bonds. The molecule has 1 heterocycles. The van der Waals surface area contributed by atoms with Crippen LogP contribution in [-0.2, 0) is 16.2 Å². The fraction of sp³-hybridized carbons (Fsp3) is 0.292. The number of carbonyl (C=O) groups excluding carboxylic acids is 3. The first-order valence-corrected chi connectivity index (χ1v) is 10.8. The molecule has 1 aliphatic heterocycles. The van der Waals surface area contributed by atoms with Gasteiger partial charge in [0.1, 0.15) is 12.2 Å². The van der Waals surface area contributed by atoms with E-state index in [2.05, 4.69) is 5.32 Å². The number of halogens is 1. The minimum absolute atomic E-state index is 0.118. The number of benzene rings is 2. The van der Waals surface area contributed by atoms with Gasteiger partial charge in [0.2, 0.25) is 0 Å². The number of rotatable bonds is 6. The van der Waals surface area contributed by atoms with Gasteiger partial charge in [-0.2, -0.15) is 0 Å². The van der Waals surface area contributed by atoms with Crippen molar-refractivity contribution in [1.29, 1.82) is 0 Å². The minimum Gasteiger partial charge on any atom is -0.493 e. The van der Waals surface area contributed by atoms with Crippen molar-refractivity contribution in [3.8, 4) is 11.5 Å². The summed E-state index contributed by atoms with van der Waals surface area (Å²) in [4.78, 5) is 38.8. The summed E-state index contributed by atoms with van der Waals surface area (Å²) in [7, 11) is 1.48. The highest BCUT2D eigenvalue weighted by Crippen LogP contribution is 2.38. The highest BCUT2D eigenvalue weighted by atomic mass is 35.5. The van der Waals surface area contributed by atoms with E-state index in [9.17, 15) is 14.4 Å². The molecule has 2 aromatic carbocycles. The number of imide groups is 2. The zero-order valence-corrected chi connectivity index (χ0v) is 18.4. The van der Waals surface area contributed by atoms with E-state index in [4.69, 9.17) is 21.1 Å². The third-order valence-electron chi connectivity index (χ3n) is 5.61. The number of methoxy groups -OCH3 is 1. The fourth-order valence-corrected chi connectivity index (χ4v) is 4.30. The Bertz CT molecular complexity index is 1080. The number of ether oxygens (including phenoxy) is 2. The van der Waals surface area contributed by atoms with Crippen molar-refractivity contribution in [2.24, 2.45) is 0 Å². The van der Waals surface area contributed by atoms with Gasteiger partial charge in [-0.3, -0.25) is 19.8 Å². The lowest BCUT2D eigenvalue weighted by Crippen LogP contribution is -2.57. The summed E-state index contributed by atoms with van der Waals surface area (Å²) in [6, 6.07) is 12.0. The molecule has 1 saturated heterocycles. The number of hydrogen-bond acceptors (Lipinski definition) is 5. The van der Waals surface area contributed by atoms with Crippen LogP contribution < -0.4 is 14.8 Å². The zero-order valence-electron chi connectivity index (χ0n) is 17.6. The van der Waals surface area contributed by atoms with Crippen molar-refractivity contribution in [1.82, 2.24) is 10.2 Å². The summed E-state index contributed by atoms with van der Waals surface area (Å²) in [5.41, 5.74) is 1.34. The smallest absolute Gasteiger partial charge is 0.331 e. The van der Waals surface area contributed by atoms with E-state index in [0.717, 1.165) is 36.1 Å². The van der Waals surface area contributed by atoms with Gasteiger partial charge in [-0.15, -0.1) is 0 Å². The SMILES string of the molecule is COc1cc(/C=C2\C(=O)NC(=O)N(C3CCCC3)C2=O)cc(Cl)c1OCc1ccccc1. The Morgan fingerprint density at radius 2 is 1.84 bits per heavy atom. The van der Waals surface area contributed by atoms with Gasteiger partial charge in [0.15, 0.2) is 11.5 Å². The maximum Gasteiger partial charge on any atom is 0.331 e. The molecule has 32 heavy (non-hydrogen) atoms. The Labute approximate surface area is 190 Å². The van der Waals surface area contributed by atoms with E-state index in [1.165, 1.54) is 13.2 Å². The zero-order chi connectivity index (χ0) is 22.7. The second kappa shape index (κ2) is 9.44. The first-order valence-electron chi connectivity index (χ1n) is 10.4. The maximum absolute atomic E-state index is 13.0. The predicted octanol–water partition coefficient (Wildman–Crippen LogP) is 4.33. The normalized spacial score (nSPS) is 18.2. The molecular formula is C24H23ClN2O5. The number of barbiturate groups is 1. The Hall–Kier alpha value is -3.32. The largest absolute Gasteiger partial charge is 0.493 e. The van der Waals surface area contributed by atoms with Gasteiger partial charge in [0.25, 0.3) is 11.8 Å². The van der Waals surface area contributed by atoms with Crippen molar-refractivity contribution in [3.05, 3.63) is 64.2 Å². The number of hydrogen-bond donors (Lipinski definition) is 1. The maximum atomic E-state index is 13.0. The quantitative estimate of drug-likeness (QED) is 0.518. The lowest BCUT2D eigenvalue weighted by Gasteiger charge is -2.31. The van der Waals surface area contributed by atoms with Gasteiger partial charge in [-0.05, 0) is 42.2 Å². The van der Waals surface area contributed by atoms with Crippen molar-refractivity contribution >= 4 is 35.5 Å². The molecule has 4 rings (SSSR count). The van der Waals surface area contributed by atoms with E-state index >= 15 is 0 Å². The summed E-state index contributed by atoms with van der Waals surface area (Å²) in [5, 5.41) is 2.55. The lowest BCUT2D eigenvalue weighted by atomic mass is 10.0. The molecule has 1 aliphatic carbocycles. The van der Waals surface area contributed by atoms with E-state index in [0.29, 0.717) is 23.7 Å². The van der Waals surface area contributed by atoms with Gasteiger partial charge in [-0.1, -0.05) is 54.8 Å². The highest BCUT2D eigenvalue weighted by Gasteiger charge is 2.40. The standard InChI is InChI=1S/C24H23ClN2O5/c1-31-20-13-16(12-19(25)21(20)32-14-15-7-3-2-4-8-15)11-18-22(28)26-24(30)27(23(18)29)17-9-5-6-10-17/h2-4,7-8,11-13,17H,5-6,9-10,14H2,1H3,(H,26,28,30)/b18-11+. The van der Waals surface area contributed by atoms with Gasteiger partial charge < -0.3 is 9.47 Å². The summed E-state index contributed by atoms with van der Waals surface area (Å²) in [5.74, 6) is -0.589. The van der Waals surface area contributed by atoms with Crippen LogP contribution in [-0.4, -0.2) is 35.9 Å². The number of nitrogens with one attached hydrogen (secondary N) is 1. The summed E-state index contributed by atoms with van der Waals surface area (Å²) >= 11 is 6.44. The highest BCUT2D eigenvalue weighted by molar-refractivity contribution is 6.33. The second-order valence-electron chi connectivity index (χ2n) is 7.74. The molecule has 2 aromatic rings. The molecule has 0 unspecified atom stereocenters. The minimum atomic E-state index is -0.728. The molecule has 8 heteroatoms. The molecule has 0 radical (unpaired) electrons. The predicted molar refractivity (Wildman–Crippen MR) is 119 cm³/mol. The van der Waals surface area contributed by atoms with Crippen LogP contribution in [0.3, 0.4) is 0 Å². The van der Waals surface area contributed by atoms with Gasteiger partial charge in [0.05, 0.1) is 12.1 Å². The topological polar surface area (TPSA) is 84.9 Å². The summed E-state index contributed by atoms with van der Waals surface area (Å²) < 4.78 is 11.3. The molecule has 0 bridgehead atoms. The van der Waals surface area contributed by atoms with Crippen molar-refractivity contribution < 1.29 is 23.9 Å². The van der Waals surface area contributed by atoms with Crippen LogP contribution in [0.5, 0.6) is 11.5 Å². The van der Waals surface area contributed by atoms with Crippen LogP contribution in [0.4, 0.5) is 4.79 Å². The first kappa shape index (κ1) is 21.9. The lowest BCUT2D eigenvalue weighted by molar-refractivity contribution is -0.131. The van der Waals surface area contributed by atoms with E-state index in [-0.39, 0.29) is 16.6 Å². The molecule has 166 valence electrons. The molecule has 0 aromatic heterocycles. The molecule has 1 saturated carbocycles. The monoisotopic (exact) mass is 454 g/mol. The molecule has 2 fully saturated rings. The van der Waals surface area contributed by atoms with Crippen molar-refractivity contribution in [2.45, 2.75) is 38.3 Å². The Kier molecular flexibility index (Phi) is 6.46. The Morgan fingerprint density at radius 3 is 2.53 bits per heavy atom. The summed E-state index contributed by atoms with van der Waals surface area (Å²) in [6.07, 6.45) is 4.81. The third kappa shape index (κ3) is 4.48. The van der Waals surface area contributed by atoms with E-state index < -0.39 is 17.8 Å². The Balaban J connectivity index is 1.61. The van der Waals surface area contributed by atoms with Crippen molar-refractivity contribution in [2.75, 3.05) is 7.11 Å². The first-order chi connectivity index (χ1) is 15.5. The molecule has 0 atom stereocenters. The van der Waals surface area contributed by atoms with Crippen LogP contribution >= 0.6 is 11.6 Å². The van der Waals surface area contributed by atoms with Crippen LogP contribution in [0.2, 0.25) is 5.02 Å². The molecule has 1 N–H and O–H groups in total. The number of nitrogens with zero attached hydrogens (tertiary/aromatic N) is 1. The summed E-state index contributed by atoms with van der Waals surface area (Å²) in [6.45, 7) is 0.302. The number of amides is 4. The Morgan fingerprint density at radius 1 is 1.12 bits per heavy atom. The van der Waals surface area contributed by atoms with Crippen LogP contribution in [0, 0.1) is 0 Å². The molecule has 2 aliphatic rings. The molecule has 0 spiro atoms. The van der Waals surface area contributed by atoms with E-state index in [1.807, 2.05) is 30.3 Å². The third-order valence-corrected chi connectivity index (χ3v) is 5.89. The van der Waals surface area contributed by atoms with E-state index in [1.54, 1.807) is 12.1 Å². The average molecular weight is 455 g/mol. The molecule has 7 nitrogen and oxygen atoms in total. The molecular weight excluding hydrogens is 432 g/mol. The number of urea groups is 1. The van der Waals surface area contributed by atoms with Crippen molar-refractivity contribution in [3.63, 3.8) is 0 Å². The second-order valence-corrected chi connectivity index (χ2v) is 8.15. The fourth-order valence-electron chi connectivity index (χ4n) is 4.02. The van der Waals surface area contributed by atoms with Crippen LogP contribution in [0.1, 0.15) is 36.8 Å². The van der Waals surface area contributed by atoms with Crippen LogP contribution in [0.15, 0.2) is 48.0 Å². The number of carbonyl (C=O) groups is 3. The van der Waals surface area contributed by atoms with Gasteiger partial charge >= 0.3 is 6.03 Å². The average Bonchev–Trinajstić information content (AvgIpc) is 3.30.